The average Bonchev–Trinajstić information content (AvgIpc) is 2.81. The zero-order valence-electron chi connectivity index (χ0n) is 13.1. The van der Waals surface area contributed by atoms with Crippen molar-refractivity contribution >= 4 is 40.9 Å². The SMILES string of the molecule is O=C(Cc1ccc(Cl)cc1)NCCN1C(=O)c2ccc(Cl)cc2C1=O. The second kappa shape index (κ2) is 7.25. The van der Waals surface area contributed by atoms with Crippen molar-refractivity contribution in [2.45, 2.75) is 6.42 Å². The summed E-state index contributed by atoms with van der Waals surface area (Å²) in [7, 11) is 0. The molecule has 3 rings (SSSR count). The zero-order valence-corrected chi connectivity index (χ0v) is 14.6. The van der Waals surface area contributed by atoms with Crippen LogP contribution in [0.3, 0.4) is 0 Å². The number of rotatable bonds is 5. The molecule has 0 radical (unpaired) electrons. The van der Waals surface area contributed by atoms with Crippen LogP contribution in [0.5, 0.6) is 0 Å². The third-order valence-electron chi connectivity index (χ3n) is 3.87. The molecule has 5 nitrogen and oxygen atoms in total. The Bertz CT molecular complexity index is 850. The highest BCUT2D eigenvalue weighted by Crippen LogP contribution is 2.25. The third kappa shape index (κ3) is 3.83. The van der Waals surface area contributed by atoms with E-state index in [1.165, 1.54) is 12.1 Å². The quantitative estimate of drug-likeness (QED) is 0.815. The lowest BCUT2D eigenvalue weighted by Crippen LogP contribution is -2.38. The van der Waals surface area contributed by atoms with E-state index in [1.54, 1.807) is 30.3 Å². The first-order valence-corrected chi connectivity index (χ1v) is 8.38. The van der Waals surface area contributed by atoms with Crippen molar-refractivity contribution in [1.82, 2.24) is 10.2 Å². The van der Waals surface area contributed by atoms with E-state index in [-0.39, 0.29) is 31.3 Å². The number of hydrogen-bond donors (Lipinski definition) is 1. The molecule has 2 aromatic rings. The van der Waals surface area contributed by atoms with Gasteiger partial charge in [0.2, 0.25) is 5.91 Å². The van der Waals surface area contributed by atoms with Crippen LogP contribution in [0.25, 0.3) is 0 Å². The van der Waals surface area contributed by atoms with E-state index in [0.29, 0.717) is 21.2 Å². The number of benzene rings is 2. The first-order chi connectivity index (χ1) is 12.0. The Balaban J connectivity index is 1.54. The predicted octanol–water partition coefficient (Wildman–Crippen LogP) is 2.95. The number of amides is 3. The van der Waals surface area contributed by atoms with E-state index >= 15 is 0 Å². The smallest absolute Gasteiger partial charge is 0.261 e. The van der Waals surface area contributed by atoms with Gasteiger partial charge in [0.25, 0.3) is 11.8 Å². The lowest BCUT2D eigenvalue weighted by Gasteiger charge is -2.14. The molecule has 7 heteroatoms. The van der Waals surface area contributed by atoms with Crippen molar-refractivity contribution in [3.05, 3.63) is 69.2 Å². The van der Waals surface area contributed by atoms with Crippen LogP contribution < -0.4 is 5.32 Å². The Labute approximate surface area is 154 Å². The minimum absolute atomic E-state index is 0.107. The van der Waals surface area contributed by atoms with Crippen molar-refractivity contribution in [3.63, 3.8) is 0 Å². The molecule has 0 unspecified atom stereocenters. The molecule has 1 N–H and O–H groups in total. The molecular weight excluding hydrogens is 363 g/mol. The van der Waals surface area contributed by atoms with Gasteiger partial charge in [-0.25, -0.2) is 0 Å². The van der Waals surface area contributed by atoms with Crippen LogP contribution in [0.2, 0.25) is 10.0 Å². The number of carbonyl (C=O) groups is 3. The maximum Gasteiger partial charge on any atom is 0.261 e. The van der Waals surface area contributed by atoms with Gasteiger partial charge in [0.15, 0.2) is 0 Å². The number of nitrogens with one attached hydrogen (secondary N) is 1. The zero-order chi connectivity index (χ0) is 18.0. The summed E-state index contributed by atoms with van der Waals surface area (Å²) in [6.07, 6.45) is 0.203. The van der Waals surface area contributed by atoms with Crippen LogP contribution >= 0.6 is 23.2 Å². The van der Waals surface area contributed by atoms with Crippen LogP contribution in [0, 0.1) is 0 Å². The summed E-state index contributed by atoms with van der Waals surface area (Å²) in [5.41, 5.74) is 1.46. The molecule has 0 aromatic heterocycles. The molecule has 0 atom stereocenters. The molecule has 2 aromatic carbocycles. The van der Waals surface area contributed by atoms with Gasteiger partial charge in [-0.3, -0.25) is 19.3 Å². The Morgan fingerprint density at radius 3 is 2.28 bits per heavy atom. The van der Waals surface area contributed by atoms with Crippen molar-refractivity contribution in [3.8, 4) is 0 Å². The summed E-state index contributed by atoms with van der Waals surface area (Å²) in [6.45, 7) is 0.294. The van der Waals surface area contributed by atoms with Crippen molar-refractivity contribution in [2.24, 2.45) is 0 Å². The number of imide groups is 1. The first-order valence-electron chi connectivity index (χ1n) is 7.62. The molecule has 3 amide bonds. The van der Waals surface area contributed by atoms with E-state index in [0.717, 1.165) is 10.5 Å². The van der Waals surface area contributed by atoms with E-state index < -0.39 is 5.91 Å². The van der Waals surface area contributed by atoms with Gasteiger partial charge in [0.1, 0.15) is 0 Å². The molecule has 25 heavy (non-hydrogen) atoms. The molecule has 1 aliphatic rings. The monoisotopic (exact) mass is 376 g/mol. The van der Waals surface area contributed by atoms with Crippen molar-refractivity contribution in [1.29, 1.82) is 0 Å². The highest BCUT2D eigenvalue weighted by atomic mass is 35.5. The number of halogens is 2. The topological polar surface area (TPSA) is 66.5 Å². The number of fused-ring (bicyclic) bond motifs is 1. The van der Waals surface area contributed by atoms with E-state index in [2.05, 4.69) is 5.32 Å². The second-order valence-corrected chi connectivity index (χ2v) is 6.48. The van der Waals surface area contributed by atoms with E-state index in [1.807, 2.05) is 0 Å². The molecule has 0 saturated heterocycles. The standard InChI is InChI=1S/C18H14Cl2N2O3/c19-12-3-1-11(2-4-12)9-16(23)21-7-8-22-17(24)14-6-5-13(20)10-15(14)18(22)25/h1-6,10H,7-9H2,(H,21,23). The largest absolute Gasteiger partial charge is 0.354 e. The van der Waals surface area contributed by atoms with Gasteiger partial charge in [-0.2, -0.15) is 0 Å². The summed E-state index contributed by atoms with van der Waals surface area (Å²) in [5.74, 6) is -0.958. The fourth-order valence-corrected chi connectivity index (χ4v) is 2.92. The van der Waals surface area contributed by atoms with Crippen LogP contribution in [-0.4, -0.2) is 35.7 Å². The van der Waals surface area contributed by atoms with Gasteiger partial charge in [0, 0.05) is 23.1 Å². The maximum atomic E-state index is 12.3. The molecule has 0 bridgehead atoms. The minimum atomic E-state index is -0.394. The summed E-state index contributed by atoms with van der Waals surface area (Å²) in [5, 5.41) is 3.72. The highest BCUT2D eigenvalue weighted by molar-refractivity contribution is 6.32. The Hall–Kier alpha value is -2.37. The number of carbonyl (C=O) groups excluding carboxylic acids is 3. The number of nitrogens with zero attached hydrogens (tertiary/aromatic N) is 1. The fourth-order valence-electron chi connectivity index (χ4n) is 2.62. The average molecular weight is 377 g/mol. The first kappa shape index (κ1) is 17.5. The van der Waals surface area contributed by atoms with Gasteiger partial charge in [-0.15, -0.1) is 0 Å². The summed E-state index contributed by atoms with van der Waals surface area (Å²) < 4.78 is 0. The third-order valence-corrected chi connectivity index (χ3v) is 4.36. The Kier molecular flexibility index (Phi) is 5.06. The normalized spacial score (nSPS) is 13.1. The molecule has 0 saturated carbocycles. The van der Waals surface area contributed by atoms with Gasteiger partial charge in [-0.1, -0.05) is 35.3 Å². The van der Waals surface area contributed by atoms with E-state index in [4.69, 9.17) is 23.2 Å². The summed E-state index contributed by atoms with van der Waals surface area (Å²) >= 11 is 11.7. The molecule has 0 fully saturated rings. The molecule has 1 aliphatic heterocycles. The van der Waals surface area contributed by atoms with Gasteiger partial charge < -0.3 is 5.32 Å². The highest BCUT2D eigenvalue weighted by Gasteiger charge is 2.35. The van der Waals surface area contributed by atoms with Gasteiger partial charge >= 0.3 is 0 Å². The lowest BCUT2D eigenvalue weighted by molar-refractivity contribution is -0.120. The van der Waals surface area contributed by atoms with Crippen LogP contribution in [0.1, 0.15) is 26.3 Å². The number of hydrogen-bond acceptors (Lipinski definition) is 3. The Morgan fingerprint density at radius 2 is 1.56 bits per heavy atom. The Morgan fingerprint density at radius 1 is 0.920 bits per heavy atom. The molecule has 0 spiro atoms. The van der Waals surface area contributed by atoms with E-state index in [9.17, 15) is 14.4 Å². The van der Waals surface area contributed by atoms with Crippen LogP contribution in [-0.2, 0) is 11.2 Å². The van der Waals surface area contributed by atoms with Crippen LogP contribution in [0.15, 0.2) is 42.5 Å². The maximum absolute atomic E-state index is 12.3. The summed E-state index contributed by atoms with van der Waals surface area (Å²) in [4.78, 5) is 37.6. The molecule has 0 aliphatic carbocycles. The van der Waals surface area contributed by atoms with Gasteiger partial charge in [-0.05, 0) is 35.9 Å². The summed E-state index contributed by atoms with van der Waals surface area (Å²) in [6, 6.07) is 11.6. The molecule has 1 heterocycles. The fraction of sp³-hybridized carbons (Fsp3) is 0.167. The lowest BCUT2D eigenvalue weighted by atomic mass is 10.1. The van der Waals surface area contributed by atoms with Crippen molar-refractivity contribution < 1.29 is 14.4 Å². The molecule has 128 valence electrons. The van der Waals surface area contributed by atoms with Crippen molar-refractivity contribution in [2.75, 3.05) is 13.1 Å². The van der Waals surface area contributed by atoms with Crippen LogP contribution in [0.4, 0.5) is 0 Å². The minimum Gasteiger partial charge on any atom is -0.354 e. The second-order valence-electron chi connectivity index (χ2n) is 5.61. The molecular formula is C18H14Cl2N2O3. The predicted molar refractivity (Wildman–Crippen MR) is 95.0 cm³/mol. The van der Waals surface area contributed by atoms with Gasteiger partial charge in [0.05, 0.1) is 17.5 Å².